The molecule has 0 aliphatic heterocycles. The van der Waals surface area contributed by atoms with Crippen molar-refractivity contribution in [3.63, 3.8) is 0 Å². The lowest BCUT2D eigenvalue weighted by Crippen LogP contribution is -2.30. The fourth-order valence-corrected chi connectivity index (χ4v) is 4.95. The van der Waals surface area contributed by atoms with Gasteiger partial charge in [0.05, 0.1) is 11.4 Å². The van der Waals surface area contributed by atoms with Crippen LogP contribution in [0.25, 0.3) is 11.3 Å². The molecular formula is C26H34N4O2S. The zero-order chi connectivity index (χ0) is 23.6. The minimum Gasteiger partial charge on any atom is -0.338 e. The van der Waals surface area contributed by atoms with Crippen molar-refractivity contribution in [1.82, 2.24) is 14.3 Å². The van der Waals surface area contributed by atoms with E-state index in [0.717, 1.165) is 65.9 Å². The monoisotopic (exact) mass is 466 g/mol. The highest BCUT2D eigenvalue weighted by Gasteiger charge is 2.14. The molecule has 0 aliphatic rings. The van der Waals surface area contributed by atoms with Crippen molar-refractivity contribution in [2.45, 2.75) is 52.9 Å². The summed E-state index contributed by atoms with van der Waals surface area (Å²) in [4.78, 5) is 16.8. The van der Waals surface area contributed by atoms with Gasteiger partial charge < -0.3 is 10.6 Å². The molecule has 7 heteroatoms. The number of hydrogen-bond acceptors (Lipinski definition) is 3. The Balaban J connectivity index is 1.58. The molecule has 0 saturated heterocycles. The summed E-state index contributed by atoms with van der Waals surface area (Å²) in [6, 6.07) is 15.8. The van der Waals surface area contributed by atoms with Crippen LogP contribution in [0.15, 0.2) is 54.9 Å². The average Bonchev–Trinajstić information content (AvgIpc) is 3.20. The third kappa shape index (κ3) is 6.78. The summed E-state index contributed by atoms with van der Waals surface area (Å²) in [6.07, 6.45) is 6.35. The van der Waals surface area contributed by atoms with E-state index in [9.17, 15) is 9.00 Å². The zero-order valence-corrected chi connectivity index (χ0v) is 20.6. The minimum atomic E-state index is -1.20. The van der Waals surface area contributed by atoms with Gasteiger partial charge in [-0.2, -0.15) is 0 Å². The summed E-state index contributed by atoms with van der Waals surface area (Å²) in [5.74, 6) is 0.516. The Hall–Kier alpha value is -2.93. The maximum Gasteiger partial charge on any atom is 0.319 e. The number of aryl methyl sites for hydroxylation is 2. The second-order valence-electron chi connectivity index (χ2n) is 8.20. The number of unbranched alkanes of at least 4 members (excludes halogenated alkanes) is 2. The lowest BCUT2D eigenvalue weighted by atomic mass is 10.0. The van der Waals surface area contributed by atoms with Crippen LogP contribution in [0.4, 0.5) is 10.5 Å². The van der Waals surface area contributed by atoms with Gasteiger partial charge in [0.2, 0.25) is 0 Å². The van der Waals surface area contributed by atoms with Crippen molar-refractivity contribution in [1.29, 1.82) is 0 Å². The summed E-state index contributed by atoms with van der Waals surface area (Å²) in [6.45, 7) is 6.77. The lowest BCUT2D eigenvalue weighted by Gasteiger charge is -2.15. The molecule has 176 valence electrons. The molecule has 0 saturated carbocycles. The van der Waals surface area contributed by atoms with Gasteiger partial charge in [-0.05, 0) is 44.2 Å². The minimum absolute atomic E-state index is 0.173. The highest BCUT2D eigenvalue weighted by atomic mass is 32.2. The van der Waals surface area contributed by atoms with Gasteiger partial charge in [0.15, 0.2) is 0 Å². The van der Waals surface area contributed by atoms with E-state index < -0.39 is 11.0 Å². The van der Waals surface area contributed by atoms with Crippen LogP contribution in [0.5, 0.6) is 0 Å². The van der Waals surface area contributed by atoms with Crippen LogP contribution in [0.1, 0.15) is 49.4 Å². The number of hydrogen-bond donors (Lipinski definition) is 2. The predicted octanol–water partition coefficient (Wildman–Crippen LogP) is 5.62. The number of amides is 2. The van der Waals surface area contributed by atoms with Gasteiger partial charge in [-0.15, -0.1) is 0 Å². The van der Waals surface area contributed by atoms with Gasteiger partial charge in [-0.1, -0.05) is 68.3 Å². The number of urea groups is 1. The normalized spacial score (nSPS) is 11.8. The van der Waals surface area contributed by atoms with Crippen LogP contribution in [0.2, 0.25) is 0 Å². The summed E-state index contributed by atoms with van der Waals surface area (Å²) in [7, 11) is -1.20. The van der Waals surface area contributed by atoms with E-state index in [1.807, 2.05) is 62.4 Å². The molecule has 1 aromatic heterocycles. The van der Waals surface area contributed by atoms with Gasteiger partial charge in [-0.3, -0.25) is 3.97 Å². The first-order valence-corrected chi connectivity index (χ1v) is 12.9. The van der Waals surface area contributed by atoms with E-state index in [1.54, 1.807) is 10.3 Å². The Morgan fingerprint density at radius 1 is 1.03 bits per heavy atom. The Morgan fingerprint density at radius 3 is 2.58 bits per heavy atom. The Kier molecular flexibility index (Phi) is 9.24. The average molecular weight is 467 g/mol. The van der Waals surface area contributed by atoms with E-state index >= 15 is 0 Å². The van der Waals surface area contributed by atoms with E-state index in [-0.39, 0.29) is 6.03 Å². The quantitative estimate of drug-likeness (QED) is 0.360. The maximum absolute atomic E-state index is 13.0. The van der Waals surface area contributed by atoms with E-state index in [0.29, 0.717) is 12.3 Å². The molecule has 1 heterocycles. The van der Waals surface area contributed by atoms with Crippen molar-refractivity contribution in [3.05, 3.63) is 71.7 Å². The van der Waals surface area contributed by atoms with Gasteiger partial charge in [-0.25, -0.2) is 14.0 Å². The SMILES string of the molecule is CCCCCNC(=O)Nc1c(C)cccc1CCCS(=O)n1cnc(-c2ccccc2)c1C. The molecule has 2 amide bonds. The molecule has 0 spiro atoms. The van der Waals surface area contributed by atoms with Crippen molar-refractivity contribution in [2.75, 3.05) is 17.6 Å². The lowest BCUT2D eigenvalue weighted by molar-refractivity contribution is 0.252. The third-order valence-corrected chi connectivity index (χ3v) is 7.11. The fraction of sp³-hybridized carbons (Fsp3) is 0.385. The Labute approximate surface area is 199 Å². The predicted molar refractivity (Wildman–Crippen MR) is 137 cm³/mol. The number of rotatable bonds is 11. The molecule has 0 fully saturated rings. The molecule has 0 bridgehead atoms. The summed E-state index contributed by atoms with van der Waals surface area (Å²) in [5, 5.41) is 5.94. The van der Waals surface area contributed by atoms with Crippen LogP contribution in [-0.2, 0) is 17.4 Å². The van der Waals surface area contributed by atoms with Gasteiger partial charge in [0.25, 0.3) is 0 Å². The Bertz CT molecular complexity index is 1080. The molecule has 0 radical (unpaired) electrons. The van der Waals surface area contributed by atoms with Crippen molar-refractivity contribution in [3.8, 4) is 11.3 Å². The van der Waals surface area contributed by atoms with Gasteiger partial charge in [0, 0.05) is 23.5 Å². The highest BCUT2D eigenvalue weighted by molar-refractivity contribution is 7.83. The number of imidazole rings is 1. The number of nitrogens with zero attached hydrogens (tertiary/aromatic N) is 2. The standard InChI is InChI=1S/C26H34N4O2S/c1-4-5-9-17-27-26(31)29-24-20(2)12-10-15-22(24)16-11-18-33(32)30-19-28-25(21(30)3)23-13-7-6-8-14-23/h6-8,10,12-15,19H,4-5,9,11,16-18H2,1-3H3,(H2,27,29,31). The smallest absolute Gasteiger partial charge is 0.319 e. The fourth-order valence-electron chi connectivity index (χ4n) is 3.81. The number of carbonyl (C=O) groups excluding carboxylic acids is 1. The van der Waals surface area contributed by atoms with Crippen LogP contribution in [0.3, 0.4) is 0 Å². The molecule has 3 aromatic rings. The molecule has 1 unspecified atom stereocenters. The molecule has 2 N–H and O–H groups in total. The number of carbonyl (C=O) groups is 1. The number of anilines is 1. The van der Waals surface area contributed by atoms with E-state index in [4.69, 9.17) is 0 Å². The first kappa shape index (κ1) is 24.7. The van der Waals surface area contributed by atoms with Crippen LogP contribution in [-0.4, -0.2) is 31.5 Å². The van der Waals surface area contributed by atoms with Crippen molar-refractivity contribution >= 4 is 22.7 Å². The van der Waals surface area contributed by atoms with E-state index in [2.05, 4.69) is 22.5 Å². The third-order valence-electron chi connectivity index (χ3n) is 5.66. The van der Waals surface area contributed by atoms with Gasteiger partial charge in [0.1, 0.15) is 17.3 Å². The Morgan fingerprint density at radius 2 is 1.82 bits per heavy atom. The first-order chi connectivity index (χ1) is 16.0. The highest BCUT2D eigenvalue weighted by Crippen LogP contribution is 2.24. The van der Waals surface area contributed by atoms with Crippen molar-refractivity contribution in [2.24, 2.45) is 0 Å². The maximum atomic E-state index is 13.0. The van der Waals surface area contributed by atoms with Crippen molar-refractivity contribution < 1.29 is 9.00 Å². The number of para-hydroxylation sites is 1. The van der Waals surface area contributed by atoms with Gasteiger partial charge >= 0.3 is 6.03 Å². The number of nitrogens with one attached hydrogen (secondary N) is 2. The summed E-state index contributed by atoms with van der Waals surface area (Å²) >= 11 is 0. The van der Waals surface area contributed by atoms with Crippen LogP contribution in [0, 0.1) is 13.8 Å². The zero-order valence-electron chi connectivity index (χ0n) is 19.8. The van der Waals surface area contributed by atoms with E-state index in [1.165, 1.54) is 0 Å². The largest absolute Gasteiger partial charge is 0.338 e. The second kappa shape index (κ2) is 12.3. The molecule has 3 rings (SSSR count). The van der Waals surface area contributed by atoms with Crippen LogP contribution < -0.4 is 10.6 Å². The number of aromatic nitrogens is 2. The molecule has 1 atom stereocenters. The molecule has 6 nitrogen and oxygen atoms in total. The second-order valence-corrected chi connectivity index (χ2v) is 9.64. The van der Waals surface area contributed by atoms with Crippen LogP contribution >= 0.6 is 0 Å². The molecule has 0 aliphatic carbocycles. The first-order valence-electron chi connectivity index (χ1n) is 11.6. The summed E-state index contributed by atoms with van der Waals surface area (Å²) in [5.41, 5.74) is 5.71. The molecular weight excluding hydrogens is 432 g/mol. The topological polar surface area (TPSA) is 76.0 Å². The summed E-state index contributed by atoms with van der Waals surface area (Å²) < 4.78 is 14.7. The molecule has 2 aromatic carbocycles. The number of benzene rings is 2. The molecule has 33 heavy (non-hydrogen) atoms.